The first-order chi connectivity index (χ1) is 13.6. The van der Waals surface area contributed by atoms with E-state index in [-0.39, 0.29) is 17.4 Å². The molecule has 2 saturated heterocycles. The monoisotopic (exact) mass is 413 g/mol. The Morgan fingerprint density at radius 3 is 2.07 bits per heavy atom. The van der Waals surface area contributed by atoms with Crippen LogP contribution < -0.4 is 9.80 Å². The van der Waals surface area contributed by atoms with Crippen molar-refractivity contribution >= 4 is 29.3 Å². The zero-order chi connectivity index (χ0) is 21.3. The zero-order valence-electron chi connectivity index (χ0n) is 15.7. The van der Waals surface area contributed by atoms with E-state index in [1.807, 2.05) is 12.1 Å². The van der Waals surface area contributed by atoms with Crippen LogP contribution >= 0.6 is 0 Å². The summed E-state index contributed by atoms with van der Waals surface area (Å²) in [5, 5.41) is 0. The Bertz CT molecular complexity index is 833. The quantitative estimate of drug-likeness (QED) is 0.414. The minimum absolute atomic E-state index is 0.0279. The van der Waals surface area contributed by atoms with Crippen molar-refractivity contribution in [2.75, 3.05) is 44.3 Å². The number of urea groups is 1. The number of quaternary nitrogens is 1. The molecule has 0 aliphatic carbocycles. The van der Waals surface area contributed by atoms with Crippen molar-refractivity contribution in [2.24, 2.45) is 0 Å². The van der Waals surface area contributed by atoms with Gasteiger partial charge in [0.1, 0.15) is 6.54 Å². The Hall–Kier alpha value is -2.95. The van der Waals surface area contributed by atoms with Crippen molar-refractivity contribution in [1.82, 2.24) is 9.80 Å². The lowest BCUT2D eigenvalue weighted by molar-refractivity contribution is -0.907. The molecule has 11 heteroatoms. The number of alkyl halides is 3. The summed E-state index contributed by atoms with van der Waals surface area (Å²) in [7, 11) is 0. The number of benzene rings is 1. The van der Waals surface area contributed by atoms with Crippen LogP contribution in [-0.4, -0.2) is 79.0 Å². The minimum atomic E-state index is -4.77. The molecular weight excluding hydrogens is 393 g/mol. The van der Waals surface area contributed by atoms with Crippen molar-refractivity contribution in [2.45, 2.75) is 13.1 Å². The molecule has 1 aromatic rings. The number of hydrogen-bond acceptors (Lipinski definition) is 5. The summed E-state index contributed by atoms with van der Waals surface area (Å²) >= 11 is 0. The van der Waals surface area contributed by atoms with Gasteiger partial charge < -0.3 is 9.80 Å². The van der Waals surface area contributed by atoms with Gasteiger partial charge in [0.15, 0.2) is 12.5 Å². The van der Waals surface area contributed by atoms with Gasteiger partial charge in [0.2, 0.25) is 0 Å². The standard InChI is InChI=1S/C18H19F3N4O4/c1-12(26)13-2-4-14(5-3-13)23-8-6-22(7-9-23)11-25-16(28)15(27)24(17(25)29)10-18(19,20)21/h2-5H,6-11H2,1H3/p+1. The van der Waals surface area contributed by atoms with Gasteiger partial charge in [-0.1, -0.05) is 0 Å². The molecule has 2 aliphatic rings. The molecule has 0 bridgehead atoms. The molecule has 0 aromatic heterocycles. The topological polar surface area (TPSA) is 82.4 Å². The Labute approximate surface area is 164 Å². The van der Waals surface area contributed by atoms with Crippen LogP contribution in [0.3, 0.4) is 0 Å². The number of hydrogen-bond donors (Lipinski definition) is 1. The molecule has 8 nitrogen and oxygen atoms in total. The number of carbonyl (C=O) groups excluding carboxylic acids is 4. The third-order valence-corrected chi connectivity index (χ3v) is 4.96. The van der Waals surface area contributed by atoms with Crippen LogP contribution in [-0.2, 0) is 9.59 Å². The van der Waals surface area contributed by atoms with E-state index in [1.54, 1.807) is 12.1 Å². The average Bonchev–Trinajstić information content (AvgIpc) is 2.86. The average molecular weight is 413 g/mol. The molecule has 1 N–H and O–H groups in total. The second kappa shape index (κ2) is 7.82. The fraction of sp³-hybridized carbons (Fsp3) is 0.444. The van der Waals surface area contributed by atoms with Crippen molar-refractivity contribution in [3.8, 4) is 0 Å². The molecule has 2 aliphatic heterocycles. The summed E-state index contributed by atoms with van der Waals surface area (Å²) in [4.78, 5) is 50.5. The van der Waals surface area contributed by atoms with E-state index in [2.05, 4.69) is 4.90 Å². The number of Topliss-reactive ketones (excluding diaryl/α,β-unsaturated/α-hetero) is 1. The van der Waals surface area contributed by atoms with Crippen LogP contribution in [0.2, 0.25) is 0 Å². The van der Waals surface area contributed by atoms with E-state index < -0.39 is 30.6 Å². The maximum absolute atomic E-state index is 12.5. The van der Waals surface area contributed by atoms with Crippen molar-refractivity contribution < 1.29 is 37.2 Å². The molecule has 2 heterocycles. The zero-order valence-corrected chi connectivity index (χ0v) is 15.7. The number of anilines is 1. The third-order valence-electron chi connectivity index (χ3n) is 4.96. The molecule has 0 unspecified atom stereocenters. The summed E-state index contributed by atoms with van der Waals surface area (Å²) in [6.45, 7) is 1.79. The minimum Gasteiger partial charge on any atom is -0.360 e. The number of ketones is 1. The summed E-state index contributed by atoms with van der Waals surface area (Å²) in [5.41, 5.74) is 1.53. The lowest BCUT2D eigenvalue weighted by Gasteiger charge is -2.34. The van der Waals surface area contributed by atoms with Gasteiger partial charge in [-0.2, -0.15) is 13.2 Å². The van der Waals surface area contributed by atoms with Crippen LogP contribution in [0, 0.1) is 0 Å². The largest absolute Gasteiger partial charge is 0.406 e. The summed E-state index contributed by atoms with van der Waals surface area (Å²) in [6.07, 6.45) is -4.77. The lowest BCUT2D eigenvalue weighted by atomic mass is 10.1. The van der Waals surface area contributed by atoms with Gasteiger partial charge in [-0.3, -0.25) is 14.4 Å². The highest BCUT2D eigenvalue weighted by Gasteiger charge is 2.50. The molecule has 1 aromatic carbocycles. The van der Waals surface area contributed by atoms with Gasteiger partial charge in [-0.25, -0.2) is 14.6 Å². The first kappa shape index (κ1) is 20.8. The summed E-state index contributed by atoms with van der Waals surface area (Å²) < 4.78 is 37.6. The van der Waals surface area contributed by atoms with Gasteiger partial charge in [0.25, 0.3) is 0 Å². The SMILES string of the molecule is CC(=O)c1ccc(N2CC[NH+](CN3C(=O)C(=O)N(CC(F)(F)F)C3=O)CC2)cc1. The fourth-order valence-electron chi connectivity index (χ4n) is 3.38. The van der Waals surface area contributed by atoms with E-state index in [4.69, 9.17) is 0 Å². The van der Waals surface area contributed by atoms with E-state index in [1.165, 1.54) is 6.92 Å². The van der Waals surface area contributed by atoms with Gasteiger partial charge in [0, 0.05) is 11.3 Å². The number of nitrogens with one attached hydrogen (secondary N) is 1. The molecule has 156 valence electrons. The smallest absolute Gasteiger partial charge is 0.360 e. The highest BCUT2D eigenvalue weighted by atomic mass is 19.4. The van der Waals surface area contributed by atoms with Crippen molar-refractivity contribution in [3.05, 3.63) is 29.8 Å². The fourth-order valence-corrected chi connectivity index (χ4v) is 3.38. The van der Waals surface area contributed by atoms with Crippen LogP contribution in [0.4, 0.5) is 23.7 Å². The Kier molecular flexibility index (Phi) is 5.60. The van der Waals surface area contributed by atoms with Gasteiger partial charge in [-0.05, 0) is 31.2 Å². The number of carbonyl (C=O) groups is 4. The molecular formula is C18H20F3N4O4+. The number of piperazine rings is 1. The Morgan fingerprint density at radius 2 is 1.55 bits per heavy atom. The second-order valence-corrected chi connectivity index (χ2v) is 7.02. The molecule has 0 spiro atoms. The van der Waals surface area contributed by atoms with Crippen LogP contribution in [0.25, 0.3) is 0 Å². The van der Waals surface area contributed by atoms with E-state index in [0.29, 0.717) is 36.6 Å². The van der Waals surface area contributed by atoms with E-state index in [0.717, 1.165) is 10.6 Å². The van der Waals surface area contributed by atoms with Crippen molar-refractivity contribution in [1.29, 1.82) is 0 Å². The molecule has 4 amide bonds. The number of halogens is 3. The number of imide groups is 2. The molecule has 0 radical (unpaired) electrons. The second-order valence-electron chi connectivity index (χ2n) is 7.02. The summed E-state index contributed by atoms with van der Waals surface area (Å²) in [6, 6.07) is 5.91. The molecule has 3 rings (SSSR count). The third kappa shape index (κ3) is 4.56. The Balaban J connectivity index is 1.57. The molecule has 0 atom stereocenters. The predicted molar refractivity (Wildman–Crippen MR) is 94.2 cm³/mol. The van der Waals surface area contributed by atoms with Gasteiger partial charge in [-0.15, -0.1) is 0 Å². The Morgan fingerprint density at radius 1 is 1.00 bits per heavy atom. The number of rotatable bonds is 5. The predicted octanol–water partition coefficient (Wildman–Crippen LogP) is -0.0953. The highest BCUT2D eigenvalue weighted by Crippen LogP contribution is 2.21. The van der Waals surface area contributed by atoms with Crippen LogP contribution in [0.1, 0.15) is 17.3 Å². The van der Waals surface area contributed by atoms with E-state index >= 15 is 0 Å². The summed E-state index contributed by atoms with van der Waals surface area (Å²) in [5.74, 6) is -2.70. The van der Waals surface area contributed by atoms with Gasteiger partial charge >= 0.3 is 24.0 Å². The van der Waals surface area contributed by atoms with Crippen LogP contribution in [0.15, 0.2) is 24.3 Å². The lowest BCUT2D eigenvalue weighted by Crippen LogP contribution is -3.16. The molecule has 2 fully saturated rings. The maximum Gasteiger partial charge on any atom is 0.406 e. The van der Waals surface area contributed by atoms with Crippen molar-refractivity contribution in [3.63, 3.8) is 0 Å². The highest BCUT2D eigenvalue weighted by molar-refractivity contribution is 6.44. The normalized spacial score (nSPS) is 18.8. The number of amides is 4. The van der Waals surface area contributed by atoms with E-state index in [9.17, 15) is 32.3 Å². The first-order valence-corrected chi connectivity index (χ1v) is 9.00. The first-order valence-electron chi connectivity index (χ1n) is 9.00. The number of nitrogens with zero attached hydrogens (tertiary/aromatic N) is 3. The molecule has 29 heavy (non-hydrogen) atoms. The van der Waals surface area contributed by atoms with Crippen LogP contribution in [0.5, 0.6) is 0 Å². The van der Waals surface area contributed by atoms with Gasteiger partial charge in [0.05, 0.1) is 26.2 Å². The maximum atomic E-state index is 12.5. The molecule has 0 saturated carbocycles.